The van der Waals surface area contributed by atoms with Crippen LogP contribution in [0.15, 0.2) is 0 Å². The SMILES string of the molecule is COC(C)(C)CC(C)NC(C)C(C)(C)C. The van der Waals surface area contributed by atoms with Crippen LogP contribution in [-0.2, 0) is 4.74 Å². The molecule has 0 saturated heterocycles. The first-order valence-electron chi connectivity index (χ1n) is 5.89. The zero-order chi connectivity index (χ0) is 12.3. The Morgan fingerprint density at radius 2 is 1.53 bits per heavy atom. The Labute approximate surface area is 95.8 Å². The van der Waals surface area contributed by atoms with E-state index in [1.807, 2.05) is 0 Å². The summed E-state index contributed by atoms with van der Waals surface area (Å²) in [5, 5.41) is 3.63. The van der Waals surface area contributed by atoms with Gasteiger partial charge < -0.3 is 10.1 Å². The quantitative estimate of drug-likeness (QED) is 0.760. The van der Waals surface area contributed by atoms with E-state index in [1.165, 1.54) is 0 Å². The third-order valence-electron chi connectivity index (χ3n) is 3.18. The Hall–Kier alpha value is -0.0800. The van der Waals surface area contributed by atoms with Crippen LogP contribution >= 0.6 is 0 Å². The molecule has 0 bridgehead atoms. The van der Waals surface area contributed by atoms with Crippen molar-refractivity contribution in [2.45, 2.75) is 72.6 Å². The molecule has 0 aromatic heterocycles. The largest absolute Gasteiger partial charge is 0.379 e. The van der Waals surface area contributed by atoms with Crippen LogP contribution in [0.1, 0.15) is 54.9 Å². The highest BCUT2D eigenvalue weighted by Gasteiger charge is 2.25. The second-order valence-electron chi connectivity index (χ2n) is 6.32. The minimum Gasteiger partial charge on any atom is -0.379 e. The Balaban J connectivity index is 4.10. The average Bonchev–Trinajstić information content (AvgIpc) is 2.01. The molecule has 0 spiro atoms. The fraction of sp³-hybridized carbons (Fsp3) is 1.00. The lowest BCUT2D eigenvalue weighted by molar-refractivity contribution is 0.00658. The number of hydrogen-bond donors (Lipinski definition) is 1. The molecule has 0 radical (unpaired) electrons. The van der Waals surface area contributed by atoms with E-state index in [4.69, 9.17) is 4.74 Å². The normalized spacial score (nSPS) is 17.6. The summed E-state index contributed by atoms with van der Waals surface area (Å²) in [6, 6.07) is 0.995. The molecule has 0 amide bonds. The van der Waals surface area contributed by atoms with Crippen molar-refractivity contribution in [3.8, 4) is 0 Å². The summed E-state index contributed by atoms with van der Waals surface area (Å²) in [6.07, 6.45) is 1.03. The first-order chi connectivity index (χ1) is 6.58. The highest BCUT2D eigenvalue weighted by Crippen LogP contribution is 2.21. The topological polar surface area (TPSA) is 21.3 Å². The van der Waals surface area contributed by atoms with Crippen molar-refractivity contribution in [2.24, 2.45) is 5.41 Å². The van der Waals surface area contributed by atoms with E-state index in [-0.39, 0.29) is 5.60 Å². The van der Waals surface area contributed by atoms with Crippen molar-refractivity contribution >= 4 is 0 Å². The van der Waals surface area contributed by atoms with E-state index >= 15 is 0 Å². The maximum absolute atomic E-state index is 5.44. The second kappa shape index (κ2) is 5.31. The Kier molecular flexibility index (Phi) is 5.28. The molecule has 0 fully saturated rings. The van der Waals surface area contributed by atoms with Gasteiger partial charge in [0.1, 0.15) is 0 Å². The van der Waals surface area contributed by atoms with Gasteiger partial charge in [0.15, 0.2) is 0 Å². The fourth-order valence-electron chi connectivity index (χ4n) is 1.56. The summed E-state index contributed by atoms with van der Waals surface area (Å²) >= 11 is 0. The monoisotopic (exact) mass is 215 g/mol. The zero-order valence-corrected chi connectivity index (χ0v) is 11.8. The molecule has 0 saturated carbocycles. The molecule has 2 atom stereocenters. The molecular formula is C13H29NO. The van der Waals surface area contributed by atoms with Gasteiger partial charge in [-0.3, -0.25) is 0 Å². The summed E-state index contributed by atoms with van der Waals surface area (Å²) < 4.78 is 5.44. The summed E-state index contributed by atoms with van der Waals surface area (Å²) in [7, 11) is 1.78. The number of nitrogens with one attached hydrogen (secondary N) is 1. The number of rotatable bonds is 5. The Morgan fingerprint density at radius 3 is 1.87 bits per heavy atom. The minimum absolute atomic E-state index is 0.0377. The number of methoxy groups -OCH3 is 1. The maximum Gasteiger partial charge on any atom is 0.0637 e. The van der Waals surface area contributed by atoms with E-state index in [0.717, 1.165) is 6.42 Å². The summed E-state index contributed by atoms with van der Waals surface area (Å²) in [4.78, 5) is 0. The average molecular weight is 215 g/mol. The Bertz CT molecular complexity index is 181. The van der Waals surface area contributed by atoms with Crippen LogP contribution < -0.4 is 5.32 Å². The van der Waals surface area contributed by atoms with Gasteiger partial charge in [-0.1, -0.05) is 20.8 Å². The third kappa shape index (κ3) is 6.16. The van der Waals surface area contributed by atoms with Crippen molar-refractivity contribution in [3.63, 3.8) is 0 Å². The van der Waals surface area contributed by atoms with Gasteiger partial charge in [0.2, 0.25) is 0 Å². The van der Waals surface area contributed by atoms with Crippen LogP contribution in [0.5, 0.6) is 0 Å². The van der Waals surface area contributed by atoms with Crippen LogP contribution in [0.4, 0.5) is 0 Å². The lowest BCUT2D eigenvalue weighted by Gasteiger charge is -2.34. The zero-order valence-electron chi connectivity index (χ0n) is 11.8. The van der Waals surface area contributed by atoms with Gasteiger partial charge in [-0.2, -0.15) is 0 Å². The number of ether oxygens (including phenoxy) is 1. The van der Waals surface area contributed by atoms with Gasteiger partial charge >= 0.3 is 0 Å². The van der Waals surface area contributed by atoms with E-state index in [0.29, 0.717) is 17.5 Å². The van der Waals surface area contributed by atoms with E-state index < -0.39 is 0 Å². The molecule has 0 aliphatic carbocycles. The molecule has 0 rings (SSSR count). The highest BCUT2D eigenvalue weighted by atomic mass is 16.5. The molecular weight excluding hydrogens is 186 g/mol. The fourth-order valence-corrected chi connectivity index (χ4v) is 1.56. The number of hydrogen-bond acceptors (Lipinski definition) is 2. The minimum atomic E-state index is -0.0377. The van der Waals surface area contributed by atoms with Crippen molar-refractivity contribution in [1.82, 2.24) is 5.32 Å². The standard InChI is InChI=1S/C13H29NO/c1-10(9-13(6,7)15-8)14-11(2)12(3,4)5/h10-11,14H,9H2,1-8H3. The Morgan fingerprint density at radius 1 is 1.07 bits per heavy atom. The van der Waals surface area contributed by atoms with E-state index in [1.54, 1.807) is 7.11 Å². The summed E-state index contributed by atoms with van der Waals surface area (Å²) in [5.74, 6) is 0. The van der Waals surface area contributed by atoms with Gasteiger partial charge in [0, 0.05) is 19.2 Å². The lowest BCUT2D eigenvalue weighted by atomic mass is 9.87. The van der Waals surface area contributed by atoms with Crippen molar-refractivity contribution in [3.05, 3.63) is 0 Å². The van der Waals surface area contributed by atoms with E-state index in [2.05, 4.69) is 53.8 Å². The molecule has 0 aliphatic rings. The van der Waals surface area contributed by atoms with Gasteiger partial charge in [-0.25, -0.2) is 0 Å². The molecule has 0 aliphatic heterocycles. The third-order valence-corrected chi connectivity index (χ3v) is 3.18. The second-order valence-corrected chi connectivity index (χ2v) is 6.32. The molecule has 0 heterocycles. The molecule has 1 N–H and O–H groups in total. The smallest absolute Gasteiger partial charge is 0.0637 e. The van der Waals surface area contributed by atoms with Crippen molar-refractivity contribution in [2.75, 3.05) is 7.11 Å². The molecule has 2 unspecified atom stereocenters. The van der Waals surface area contributed by atoms with Crippen molar-refractivity contribution < 1.29 is 4.74 Å². The van der Waals surface area contributed by atoms with Gasteiger partial charge in [-0.15, -0.1) is 0 Å². The van der Waals surface area contributed by atoms with Crippen molar-refractivity contribution in [1.29, 1.82) is 0 Å². The van der Waals surface area contributed by atoms with Gasteiger partial charge in [0.05, 0.1) is 5.60 Å². The first kappa shape index (κ1) is 14.9. The van der Waals surface area contributed by atoms with Crippen LogP contribution in [0, 0.1) is 5.41 Å². The van der Waals surface area contributed by atoms with Crippen LogP contribution in [0.3, 0.4) is 0 Å². The molecule has 15 heavy (non-hydrogen) atoms. The predicted octanol–water partition coefficient (Wildman–Crippen LogP) is 3.21. The van der Waals surface area contributed by atoms with Gasteiger partial charge in [0.25, 0.3) is 0 Å². The predicted molar refractivity (Wildman–Crippen MR) is 67.2 cm³/mol. The van der Waals surface area contributed by atoms with Crippen LogP contribution in [-0.4, -0.2) is 24.8 Å². The molecule has 0 aromatic rings. The molecule has 2 nitrogen and oxygen atoms in total. The molecule has 2 heteroatoms. The maximum atomic E-state index is 5.44. The van der Waals surface area contributed by atoms with E-state index in [9.17, 15) is 0 Å². The molecule has 92 valence electrons. The van der Waals surface area contributed by atoms with Crippen LogP contribution in [0.2, 0.25) is 0 Å². The van der Waals surface area contributed by atoms with Crippen LogP contribution in [0.25, 0.3) is 0 Å². The lowest BCUT2D eigenvalue weighted by Crippen LogP contribution is -2.45. The first-order valence-corrected chi connectivity index (χ1v) is 5.89. The summed E-state index contributed by atoms with van der Waals surface area (Å²) in [6.45, 7) is 15.5. The van der Waals surface area contributed by atoms with Gasteiger partial charge in [-0.05, 0) is 39.5 Å². The molecule has 0 aromatic carbocycles. The highest BCUT2D eigenvalue weighted by molar-refractivity contribution is 4.82. The summed E-state index contributed by atoms with van der Waals surface area (Å²) in [5.41, 5.74) is 0.273.